The highest BCUT2D eigenvalue weighted by Crippen LogP contribution is 2.30. The van der Waals surface area contributed by atoms with Crippen molar-refractivity contribution in [2.45, 2.75) is 18.5 Å². The Hall–Kier alpha value is -1.07. The number of hydrogen-bond acceptors (Lipinski definition) is 2. The molecule has 1 aromatic heterocycles. The van der Waals surface area contributed by atoms with Gasteiger partial charge in [0.15, 0.2) is 0 Å². The van der Waals surface area contributed by atoms with E-state index in [9.17, 15) is 13.2 Å². The first kappa shape index (κ1) is 13.4. The van der Waals surface area contributed by atoms with Crippen molar-refractivity contribution in [3.8, 4) is 0 Å². The van der Waals surface area contributed by atoms with Gasteiger partial charge in [-0.2, -0.15) is 13.2 Å². The summed E-state index contributed by atoms with van der Waals surface area (Å²) in [6.45, 7) is 0. The highest BCUT2D eigenvalue weighted by Gasteiger charge is 2.30. The molecule has 0 spiro atoms. The number of alkyl halides is 4. The zero-order valence-electron chi connectivity index (χ0n) is 9.17. The fourth-order valence-electron chi connectivity index (χ4n) is 1.52. The molecule has 18 heavy (non-hydrogen) atoms. The van der Waals surface area contributed by atoms with Gasteiger partial charge in [0.1, 0.15) is 0 Å². The Balaban J connectivity index is 2.19. The van der Waals surface area contributed by atoms with Gasteiger partial charge in [0.2, 0.25) is 0 Å². The maximum absolute atomic E-state index is 12.5. The van der Waals surface area contributed by atoms with Crippen molar-refractivity contribution in [3.05, 3.63) is 51.5 Å². The molecule has 1 heterocycles. The average Bonchev–Trinajstić information content (AvgIpc) is 2.76. The zero-order valence-corrected chi connectivity index (χ0v) is 10.7. The Labute approximate surface area is 111 Å². The fourth-order valence-corrected chi connectivity index (χ4v) is 2.56. The number of benzene rings is 1. The third kappa shape index (κ3) is 3.23. The van der Waals surface area contributed by atoms with E-state index in [-0.39, 0.29) is 0 Å². The number of halogens is 4. The quantitative estimate of drug-likeness (QED) is 0.759. The number of rotatable bonds is 3. The molecule has 2 aromatic rings. The van der Waals surface area contributed by atoms with Gasteiger partial charge in [-0.15, -0.1) is 22.9 Å². The lowest BCUT2D eigenvalue weighted by Crippen LogP contribution is -2.05. The molecule has 96 valence electrons. The fraction of sp³-hybridized carbons (Fsp3) is 0.250. The Morgan fingerprint density at radius 1 is 1.28 bits per heavy atom. The number of hydrogen-bond donors (Lipinski definition) is 0. The predicted octanol–water partition coefficient (Wildman–Crippen LogP) is 4.49. The van der Waals surface area contributed by atoms with E-state index in [1.54, 1.807) is 12.3 Å². The molecule has 0 saturated carbocycles. The topological polar surface area (TPSA) is 12.9 Å². The molecule has 1 aromatic carbocycles. The standard InChI is InChI=1S/C12H9ClF3NS/c13-6-10-7-17-11(18-10)5-8-2-1-3-9(4-8)12(14,15)16/h1-4,7H,5-6H2. The lowest BCUT2D eigenvalue weighted by atomic mass is 10.1. The van der Waals surface area contributed by atoms with Gasteiger partial charge in [-0.3, -0.25) is 0 Å². The minimum absolute atomic E-state index is 0.375. The van der Waals surface area contributed by atoms with Crippen LogP contribution in [0.25, 0.3) is 0 Å². The van der Waals surface area contributed by atoms with Crippen LogP contribution in [-0.4, -0.2) is 4.98 Å². The molecule has 6 heteroatoms. The number of nitrogens with zero attached hydrogens (tertiary/aromatic N) is 1. The van der Waals surface area contributed by atoms with E-state index < -0.39 is 11.7 Å². The molecule has 0 aliphatic carbocycles. The summed E-state index contributed by atoms with van der Waals surface area (Å²) in [5.41, 5.74) is -0.0329. The van der Waals surface area contributed by atoms with Crippen LogP contribution < -0.4 is 0 Å². The number of aromatic nitrogens is 1. The minimum atomic E-state index is -4.31. The van der Waals surface area contributed by atoms with E-state index >= 15 is 0 Å². The molecule has 0 unspecified atom stereocenters. The second kappa shape index (κ2) is 5.28. The van der Waals surface area contributed by atoms with Crippen LogP contribution in [0.1, 0.15) is 21.0 Å². The summed E-state index contributed by atoms with van der Waals surface area (Å²) in [5, 5.41) is 0.768. The maximum Gasteiger partial charge on any atom is 0.416 e. The summed E-state index contributed by atoms with van der Waals surface area (Å²) < 4.78 is 37.6. The van der Waals surface area contributed by atoms with Crippen molar-refractivity contribution in [2.24, 2.45) is 0 Å². The normalized spacial score (nSPS) is 11.8. The highest BCUT2D eigenvalue weighted by atomic mass is 35.5. The Morgan fingerprint density at radius 2 is 2.06 bits per heavy atom. The summed E-state index contributed by atoms with van der Waals surface area (Å²) in [6, 6.07) is 5.29. The van der Waals surface area contributed by atoms with E-state index in [0.717, 1.165) is 22.0 Å². The molecule has 0 radical (unpaired) electrons. The second-order valence-electron chi connectivity index (χ2n) is 3.73. The third-order valence-corrected chi connectivity index (χ3v) is 3.79. The van der Waals surface area contributed by atoms with Crippen LogP contribution in [0.2, 0.25) is 0 Å². The van der Waals surface area contributed by atoms with Gasteiger partial charge in [-0.1, -0.05) is 18.2 Å². The first-order valence-corrected chi connectivity index (χ1v) is 6.50. The monoisotopic (exact) mass is 291 g/mol. The molecule has 0 bridgehead atoms. The molecule has 0 amide bonds. The molecule has 0 atom stereocenters. The van der Waals surface area contributed by atoms with Crippen molar-refractivity contribution in [3.63, 3.8) is 0 Å². The van der Waals surface area contributed by atoms with Gasteiger partial charge in [0.25, 0.3) is 0 Å². The molecule has 2 rings (SSSR count). The lowest BCUT2D eigenvalue weighted by molar-refractivity contribution is -0.137. The molecule has 0 N–H and O–H groups in total. The Morgan fingerprint density at radius 3 is 2.67 bits per heavy atom. The van der Waals surface area contributed by atoms with Crippen LogP contribution in [0, 0.1) is 0 Å². The van der Waals surface area contributed by atoms with Gasteiger partial charge in [-0.05, 0) is 11.6 Å². The smallest absolute Gasteiger partial charge is 0.249 e. The van der Waals surface area contributed by atoms with E-state index in [2.05, 4.69) is 4.98 Å². The van der Waals surface area contributed by atoms with E-state index in [1.165, 1.54) is 17.4 Å². The van der Waals surface area contributed by atoms with Crippen LogP contribution >= 0.6 is 22.9 Å². The average molecular weight is 292 g/mol. The van der Waals surface area contributed by atoms with Gasteiger partial charge in [0.05, 0.1) is 16.5 Å². The van der Waals surface area contributed by atoms with E-state index in [0.29, 0.717) is 17.9 Å². The second-order valence-corrected chi connectivity index (χ2v) is 5.20. The van der Waals surface area contributed by atoms with Crippen LogP contribution in [0.3, 0.4) is 0 Å². The van der Waals surface area contributed by atoms with Gasteiger partial charge < -0.3 is 0 Å². The molecule has 0 aliphatic heterocycles. The zero-order chi connectivity index (χ0) is 13.2. The van der Waals surface area contributed by atoms with Gasteiger partial charge >= 0.3 is 6.18 Å². The van der Waals surface area contributed by atoms with E-state index in [1.807, 2.05) is 0 Å². The van der Waals surface area contributed by atoms with Crippen LogP contribution in [0.5, 0.6) is 0 Å². The largest absolute Gasteiger partial charge is 0.416 e. The summed E-state index contributed by atoms with van der Waals surface area (Å²) in [4.78, 5) is 5.04. The maximum atomic E-state index is 12.5. The summed E-state index contributed by atoms with van der Waals surface area (Å²) >= 11 is 7.07. The van der Waals surface area contributed by atoms with Gasteiger partial charge in [-0.25, -0.2) is 4.98 Å². The SMILES string of the molecule is FC(F)(F)c1cccc(Cc2ncc(CCl)s2)c1. The van der Waals surface area contributed by atoms with Crippen molar-refractivity contribution >= 4 is 22.9 Å². The van der Waals surface area contributed by atoms with Crippen LogP contribution in [0.15, 0.2) is 30.5 Å². The van der Waals surface area contributed by atoms with Crippen LogP contribution in [0.4, 0.5) is 13.2 Å². The Kier molecular flexibility index (Phi) is 3.92. The first-order chi connectivity index (χ1) is 8.49. The van der Waals surface area contributed by atoms with E-state index in [4.69, 9.17) is 11.6 Å². The molecule has 0 aliphatic rings. The first-order valence-electron chi connectivity index (χ1n) is 5.14. The summed E-state index contributed by atoms with van der Waals surface area (Å²) in [6.07, 6.45) is -2.26. The van der Waals surface area contributed by atoms with Crippen molar-refractivity contribution in [1.82, 2.24) is 4.98 Å². The summed E-state index contributed by atoms with van der Waals surface area (Å²) in [5.74, 6) is 0.375. The van der Waals surface area contributed by atoms with Crippen molar-refractivity contribution in [2.75, 3.05) is 0 Å². The summed E-state index contributed by atoms with van der Waals surface area (Å²) in [7, 11) is 0. The molecular formula is C12H9ClF3NS. The lowest BCUT2D eigenvalue weighted by Gasteiger charge is -2.07. The Bertz CT molecular complexity index is 536. The van der Waals surface area contributed by atoms with Crippen molar-refractivity contribution < 1.29 is 13.2 Å². The molecule has 0 fully saturated rings. The number of thiazole rings is 1. The highest BCUT2D eigenvalue weighted by molar-refractivity contribution is 7.11. The van der Waals surface area contributed by atoms with Gasteiger partial charge in [0, 0.05) is 17.5 Å². The van der Waals surface area contributed by atoms with Crippen molar-refractivity contribution in [1.29, 1.82) is 0 Å². The van der Waals surface area contributed by atoms with Crippen LogP contribution in [-0.2, 0) is 18.5 Å². The third-order valence-electron chi connectivity index (χ3n) is 2.34. The molecule has 0 saturated heterocycles. The molecular weight excluding hydrogens is 283 g/mol. The minimum Gasteiger partial charge on any atom is -0.249 e. The predicted molar refractivity (Wildman–Crippen MR) is 65.9 cm³/mol. The molecule has 1 nitrogen and oxygen atoms in total.